The molecule has 1 aliphatic heterocycles. The SMILES string of the molecule is CC(C)NC(=O)C(=O)NNC(=O)CN1C(=O)N[C@@](C)(CCc2ccccc2)C1=O. The summed E-state index contributed by atoms with van der Waals surface area (Å²) < 4.78 is 0. The number of hydrogen-bond donors (Lipinski definition) is 4. The van der Waals surface area contributed by atoms with Gasteiger partial charge in [-0.2, -0.15) is 0 Å². The van der Waals surface area contributed by atoms with E-state index in [4.69, 9.17) is 0 Å². The highest BCUT2D eigenvalue weighted by Crippen LogP contribution is 2.23. The molecule has 2 rings (SSSR count). The van der Waals surface area contributed by atoms with Gasteiger partial charge in [-0.05, 0) is 39.2 Å². The quantitative estimate of drug-likeness (QED) is 0.291. The Balaban J connectivity index is 1.88. The molecule has 0 bridgehead atoms. The van der Waals surface area contributed by atoms with Gasteiger partial charge in [0.1, 0.15) is 12.1 Å². The van der Waals surface area contributed by atoms with Crippen molar-refractivity contribution < 1.29 is 24.0 Å². The van der Waals surface area contributed by atoms with E-state index >= 15 is 0 Å². The van der Waals surface area contributed by atoms with Gasteiger partial charge in [-0.15, -0.1) is 0 Å². The molecule has 0 saturated carbocycles. The Hall–Kier alpha value is -3.43. The molecule has 1 saturated heterocycles. The summed E-state index contributed by atoms with van der Waals surface area (Å²) in [7, 11) is 0. The van der Waals surface area contributed by atoms with Crippen molar-refractivity contribution in [2.24, 2.45) is 0 Å². The number of aryl methyl sites for hydroxylation is 1. The minimum atomic E-state index is -1.13. The molecule has 1 heterocycles. The lowest BCUT2D eigenvalue weighted by molar-refractivity contribution is -0.141. The number of carbonyl (C=O) groups is 5. The number of imide groups is 1. The first-order chi connectivity index (χ1) is 13.6. The van der Waals surface area contributed by atoms with Crippen molar-refractivity contribution in [3.8, 4) is 0 Å². The van der Waals surface area contributed by atoms with Gasteiger partial charge in [0.25, 0.3) is 11.8 Å². The minimum absolute atomic E-state index is 0.247. The number of carbonyl (C=O) groups excluding carboxylic acids is 5. The zero-order chi connectivity index (χ0) is 21.6. The molecule has 10 nitrogen and oxygen atoms in total. The molecule has 0 spiro atoms. The third-order valence-corrected chi connectivity index (χ3v) is 4.34. The molecule has 1 aromatic rings. The van der Waals surface area contributed by atoms with Gasteiger partial charge >= 0.3 is 17.8 Å². The maximum Gasteiger partial charge on any atom is 0.327 e. The molecule has 0 aliphatic carbocycles. The van der Waals surface area contributed by atoms with Crippen LogP contribution in [-0.2, 0) is 25.6 Å². The van der Waals surface area contributed by atoms with Crippen LogP contribution in [0, 0.1) is 0 Å². The number of urea groups is 1. The molecule has 1 fully saturated rings. The summed E-state index contributed by atoms with van der Waals surface area (Å²) >= 11 is 0. The zero-order valence-electron chi connectivity index (χ0n) is 16.6. The normalized spacial score (nSPS) is 18.4. The second-order valence-electron chi connectivity index (χ2n) is 7.27. The first-order valence-electron chi connectivity index (χ1n) is 9.20. The molecule has 1 aliphatic rings. The maximum atomic E-state index is 12.7. The molecular weight excluding hydrogens is 378 g/mol. The number of nitrogens with zero attached hydrogens (tertiary/aromatic N) is 1. The van der Waals surface area contributed by atoms with E-state index in [1.54, 1.807) is 20.8 Å². The van der Waals surface area contributed by atoms with E-state index in [9.17, 15) is 24.0 Å². The van der Waals surface area contributed by atoms with Crippen LogP contribution in [0.2, 0.25) is 0 Å². The van der Waals surface area contributed by atoms with E-state index in [0.717, 1.165) is 10.5 Å². The van der Waals surface area contributed by atoms with Crippen molar-refractivity contribution in [2.75, 3.05) is 6.54 Å². The molecular formula is C19H25N5O5. The Bertz CT molecular complexity index is 810. The Labute approximate surface area is 168 Å². The molecule has 1 atom stereocenters. The van der Waals surface area contributed by atoms with E-state index in [-0.39, 0.29) is 6.04 Å². The first-order valence-corrected chi connectivity index (χ1v) is 9.20. The number of benzene rings is 1. The van der Waals surface area contributed by atoms with Gasteiger partial charge in [0, 0.05) is 6.04 Å². The molecule has 10 heteroatoms. The van der Waals surface area contributed by atoms with Gasteiger partial charge in [-0.1, -0.05) is 30.3 Å². The third-order valence-electron chi connectivity index (χ3n) is 4.34. The van der Waals surface area contributed by atoms with Gasteiger partial charge in [0.15, 0.2) is 0 Å². The second-order valence-corrected chi connectivity index (χ2v) is 7.27. The smallest absolute Gasteiger partial charge is 0.327 e. The average Bonchev–Trinajstić information content (AvgIpc) is 2.88. The van der Waals surface area contributed by atoms with Crippen molar-refractivity contribution in [1.82, 2.24) is 26.4 Å². The highest BCUT2D eigenvalue weighted by atomic mass is 16.2. The van der Waals surface area contributed by atoms with Crippen LogP contribution in [0.4, 0.5) is 4.79 Å². The van der Waals surface area contributed by atoms with Crippen LogP contribution in [0.25, 0.3) is 0 Å². The Morgan fingerprint density at radius 2 is 1.72 bits per heavy atom. The fourth-order valence-electron chi connectivity index (χ4n) is 2.79. The zero-order valence-corrected chi connectivity index (χ0v) is 16.6. The van der Waals surface area contributed by atoms with E-state index in [0.29, 0.717) is 12.8 Å². The first kappa shape index (κ1) is 21.9. The molecule has 29 heavy (non-hydrogen) atoms. The van der Waals surface area contributed by atoms with E-state index in [1.807, 2.05) is 41.2 Å². The van der Waals surface area contributed by atoms with Crippen LogP contribution in [0.15, 0.2) is 30.3 Å². The van der Waals surface area contributed by atoms with Crippen LogP contribution >= 0.6 is 0 Å². The van der Waals surface area contributed by atoms with Crippen molar-refractivity contribution in [3.63, 3.8) is 0 Å². The van der Waals surface area contributed by atoms with Crippen LogP contribution in [-0.4, -0.2) is 52.7 Å². The molecule has 1 aromatic carbocycles. The van der Waals surface area contributed by atoms with Gasteiger partial charge in [-0.25, -0.2) is 4.79 Å². The molecule has 156 valence electrons. The Morgan fingerprint density at radius 1 is 1.07 bits per heavy atom. The maximum absolute atomic E-state index is 12.7. The monoisotopic (exact) mass is 403 g/mol. The largest absolute Gasteiger partial charge is 0.346 e. The molecule has 4 N–H and O–H groups in total. The van der Waals surface area contributed by atoms with Crippen LogP contribution in [0.5, 0.6) is 0 Å². The van der Waals surface area contributed by atoms with Crippen LogP contribution in [0.1, 0.15) is 32.8 Å². The van der Waals surface area contributed by atoms with Crippen LogP contribution < -0.4 is 21.5 Å². The van der Waals surface area contributed by atoms with E-state index < -0.39 is 41.7 Å². The van der Waals surface area contributed by atoms with Crippen molar-refractivity contribution in [2.45, 2.75) is 45.2 Å². The second kappa shape index (κ2) is 9.18. The average molecular weight is 403 g/mol. The number of nitrogens with one attached hydrogen (secondary N) is 4. The summed E-state index contributed by atoms with van der Waals surface area (Å²) in [6.07, 6.45) is 0.941. The lowest BCUT2D eigenvalue weighted by atomic mass is 9.93. The lowest BCUT2D eigenvalue weighted by Gasteiger charge is -2.21. The summed E-state index contributed by atoms with van der Waals surface area (Å²) in [5.41, 5.74) is 3.85. The molecule has 6 amide bonds. The summed E-state index contributed by atoms with van der Waals surface area (Å²) in [6, 6.07) is 8.58. The van der Waals surface area contributed by atoms with Gasteiger partial charge in [0.05, 0.1) is 0 Å². The Kier molecular flexibility index (Phi) is 6.92. The van der Waals surface area contributed by atoms with Gasteiger partial charge in [-0.3, -0.25) is 34.9 Å². The van der Waals surface area contributed by atoms with Gasteiger partial charge in [0.2, 0.25) is 0 Å². The number of hydrogen-bond acceptors (Lipinski definition) is 5. The molecule has 0 aromatic heterocycles. The summed E-state index contributed by atoms with van der Waals surface area (Å²) in [5, 5.41) is 4.98. The van der Waals surface area contributed by atoms with Crippen molar-refractivity contribution in [1.29, 1.82) is 0 Å². The predicted molar refractivity (Wildman–Crippen MR) is 103 cm³/mol. The third kappa shape index (κ3) is 5.77. The summed E-state index contributed by atoms with van der Waals surface area (Å²) in [4.78, 5) is 60.7. The Morgan fingerprint density at radius 3 is 2.34 bits per heavy atom. The molecule has 0 unspecified atom stereocenters. The van der Waals surface area contributed by atoms with E-state index in [2.05, 4.69) is 10.6 Å². The predicted octanol–water partition coefficient (Wildman–Crippen LogP) is -0.398. The number of hydrazine groups is 1. The fraction of sp³-hybridized carbons (Fsp3) is 0.421. The summed E-state index contributed by atoms with van der Waals surface area (Å²) in [5.74, 6) is -3.32. The standard InChI is InChI=1S/C19H25N5O5/c1-12(2)20-15(26)16(27)23-22-14(25)11-24-17(28)19(3,21-18(24)29)10-9-13-7-5-4-6-8-13/h4-8,12H,9-11H2,1-3H3,(H,20,26)(H,21,29)(H,22,25)(H,23,27)/t19-/m0/s1. The fourth-order valence-corrected chi connectivity index (χ4v) is 2.79. The molecule has 0 radical (unpaired) electrons. The number of rotatable bonds is 6. The number of amides is 6. The highest BCUT2D eigenvalue weighted by molar-refractivity contribution is 6.35. The summed E-state index contributed by atoms with van der Waals surface area (Å²) in [6.45, 7) is 4.37. The van der Waals surface area contributed by atoms with E-state index in [1.165, 1.54) is 0 Å². The highest BCUT2D eigenvalue weighted by Gasteiger charge is 2.47. The lowest BCUT2D eigenvalue weighted by Crippen LogP contribution is -2.52. The van der Waals surface area contributed by atoms with Gasteiger partial charge < -0.3 is 10.6 Å². The van der Waals surface area contributed by atoms with Crippen LogP contribution in [0.3, 0.4) is 0 Å². The van der Waals surface area contributed by atoms with Crippen molar-refractivity contribution >= 4 is 29.7 Å². The minimum Gasteiger partial charge on any atom is -0.346 e. The van der Waals surface area contributed by atoms with Crippen molar-refractivity contribution in [3.05, 3.63) is 35.9 Å². The topological polar surface area (TPSA) is 137 Å².